The molecule has 0 radical (unpaired) electrons. The number of rotatable bonds is 3. The van der Waals surface area contributed by atoms with Gasteiger partial charge in [0, 0.05) is 17.2 Å². The molecule has 1 heterocycles. The van der Waals surface area contributed by atoms with Gasteiger partial charge in [-0.2, -0.15) is 0 Å². The molecule has 0 spiro atoms. The van der Waals surface area contributed by atoms with E-state index in [0.717, 1.165) is 10.5 Å². The summed E-state index contributed by atoms with van der Waals surface area (Å²) in [7, 11) is 0. The summed E-state index contributed by atoms with van der Waals surface area (Å²) in [4.78, 5) is 15.6. The number of aromatic nitrogens is 1. The number of nitrogens with zero attached hydrogens (tertiary/aromatic N) is 2. The number of hydrogen-bond acceptors (Lipinski definition) is 4. The minimum atomic E-state index is -0.402. The fourth-order valence-corrected chi connectivity index (χ4v) is 2.57. The van der Waals surface area contributed by atoms with E-state index in [1.165, 1.54) is 23.4 Å². The zero-order valence-corrected chi connectivity index (χ0v) is 10.9. The van der Waals surface area contributed by atoms with Gasteiger partial charge in [-0.1, -0.05) is 23.9 Å². The van der Waals surface area contributed by atoms with E-state index in [2.05, 4.69) is 4.98 Å². The fourth-order valence-electron chi connectivity index (χ4n) is 1.54. The van der Waals surface area contributed by atoms with Gasteiger partial charge in [-0.3, -0.25) is 10.1 Å². The van der Waals surface area contributed by atoms with Crippen molar-refractivity contribution >= 4 is 17.4 Å². The van der Waals surface area contributed by atoms with Crippen LogP contribution in [0.15, 0.2) is 46.5 Å². The van der Waals surface area contributed by atoms with Crippen molar-refractivity contribution in [3.05, 3.63) is 57.8 Å². The largest absolute Gasteiger partial charge is 0.301 e. The van der Waals surface area contributed by atoms with Gasteiger partial charge < -0.3 is 0 Å². The summed E-state index contributed by atoms with van der Waals surface area (Å²) in [6, 6.07) is 8.96. The van der Waals surface area contributed by atoms with Crippen molar-refractivity contribution in [3.63, 3.8) is 0 Å². The maximum absolute atomic E-state index is 10.9. The summed E-state index contributed by atoms with van der Waals surface area (Å²) in [6.07, 6.45) is 1.57. The summed E-state index contributed by atoms with van der Waals surface area (Å²) in [6.45, 7) is 4.03. The first-order valence-corrected chi connectivity index (χ1v) is 6.24. The lowest BCUT2D eigenvalue weighted by Gasteiger charge is -2.07. The lowest BCUT2D eigenvalue weighted by atomic mass is 10.1. The minimum Gasteiger partial charge on any atom is -0.258 e. The SMILES string of the molecule is Cc1cccc(Sc2ncccc2[N+](=O)[O-])c1C. The summed E-state index contributed by atoms with van der Waals surface area (Å²) >= 11 is 1.33. The molecule has 0 aliphatic heterocycles. The maximum Gasteiger partial charge on any atom is 0.301 e. The van der Waals surface area contributed by atoms with E-state index in [4.69, 9.17) is 0 Å². The Hall–Kier alpha value is -1.88. The second kappa shape index (κ2) is 5.18. The molecule has 18 heavy (non-hydrogen) atoms. The summed E-state index contributed by atoms with van der Waals surface area (Å²) in [5.41, 5.74) is 2.34. The van der Waals surface area contributed by atoms with Crippen LogP contribution >= 0.6 is 11.8 Å². The van der Waals surface area contributed by atoms with E-state index in [1.807, 2.05) is 32.0 Å². The van der Waals surface area contributed by atoms with E-state index in [-0.39, 0.29) is 5.69 Å². The third-order valence-corrected chi connectivity index (χ3v) is 3.88. The normalized spacial score (nSPS) is 10.3. The molecule has 0 saturated carbocycles. The molecule has 1 aromatic heterocycles. The summed E-state index contributed by atoms with van der Waals surface area (Å²) in [5, 5.41) is 11.3. The molecule has 0 unspecified atom stereocenters. The van der Waals surface area contributed by atoms with Crippen LogP contribution in [0.25, 0.3) is 0 Å². The van der Waals surface area contributed by atoms with Crippen LogP contribution in [0.2, 0.25) is 0 Å². The monoisotopic (exact) mass is 260 g/mol. The summed E-state index contributed by atoms with van der Waals surface area (Å²) < 4.78 is 0. The van der Waals surface area contributed by atoms with Gasteiger partial charge in [0.05, 0.1) is 4.92 Å². The summed E-state index contributed by atoms with van der Waals surface area (Å²) in [5.74, 6) is 0. The molecule has 1 aromatic carbocycles. The average Bonchev–Trinajstić information content (AvgIpc) is 2.35. The highest BCUT2D eigenvalue weighted by atomic mass is 32.2. The first-order chi connectivity index (χ1) is 8.59. The Balaban J connectivity index is 2.40. The Morgan fingerprint density at radius 1 is 1.22 bits per heavy atom. The molecular weight excluding hydrogens is 248 g/mol. The third-order valence-electron chi connectivity index (χ3n) is 2.71. The molecular formula is C13H12N2O2S. The number of benzene rings is 1. The molecule has 2 rings (SSSR count). The second-order valence-electron chi connectivity index (χ2n) is 3.88. The topological polar surface area (TPSA) is 56.0 Å². The van der Waals surface area contributed by atoms with E-state index >= 15 is 0 Å². The quantitative estimate of drug-likeness (QED) is 0.623. The Morgan fingerprint density at radius 3 is 2.72 bits per heavy atom. The lowest BCUT2D eigenvalue weighted by Crippen LogP contribution is -1.93. The van der Waals surface area contributed by atoms with E-state index in [1.54, 1.807) is 12.3 Å². The van der Waals surface area contributed by atoms with Crippen LogP contribution in [0.5, 0.6) is 0 Å². The maximum atomic E-state index is 10.9. The number of hydrogen-bond donors (Lipinski definition) is 0. The van der Waals surface area contributed by atoms with Gasteiger partial charge in [0.2, 0.25) is 0 Å². The van der Waals surface area contributed by atoms with Crippen molar-refractivity contribution in [3.8, 4) is 0 Å². The molecule has 0 fully saturated rings. The van der Waals surface area contributed by atoms with Gasteiger partial charge in [0.1, 0.15) is 0 Å². The van der Waals surface area contributed by atoms with E-state index in [9.17, 15) is 10.1 Å². The van der Waals surface area contributed by atoms with Crippen LogP contribution in [-0.2, 0) is 0 Å². The molecule has 0 N–H and O–H groups in total. The van der Waals surface area contributed by atoms with Gasteiger partial charge in [-0.25, -0.2) is 4.98 Å². The zero-order valence-electron chi connectivity index (χ0n) is 10.1. The van der Waals surface area contributed by atoms with Crippen LogP contribution in [-0.4, -0.2) is 9.91 Å². The molecule has 2 aromatic rings. The Bertz CT molecular complexity index is 599. The molecule has 4 nitrogen and oxygen atoms in total. The van der Waals surface area contributed by atoms with E-state index in [0.29, 0.717) is 5.03 Å². The highest BCUT2D eigenvalue weighted by Gasteiger charge is 2.16. The number of nitro groups is 1. The number of pyridine rings is 1. The van der Waals surface area contributed by atoms with Crippen LogP contribution in [0.4, 0.5) is 5.69 Å². The zero-order chi connectivity index (χ0) is 13.1. The van der Waals surface area contributed by atoms with Crippen molar-refractivity contribution in [2.45, 2.75) is 23.8 Å². The van der Waals surface area contributed by atoms with Crippen LogP contribution in [0.1, 0.15) is 11.1 Å². The van der Waals surface area contributed by atoms with Gasteiger partial charge in [0.25, 0.3) is 0 Å². The van der Waals surface area contributed by atoms with Crippen molar-refractivity contribution in [2.24, 2.45) is 0 Å². The fraction of sp³-hybridized carbons (Fsp3) is 0.154. The van der Waals surface area contributed by atoms with Gasteiger partial charge in [-0.05, 0) is 37.1 Å². The Morgan fingerprint density at radius 2 is 2.00 bits per heavy atom. The van der Waals surface area contributed by atoms with Gasteiger partial charge in [-0.15, -0.1) is 0 Å². The van der Waals surface area contributed by atoms with Crippen LogP contribution in [0.3, 0.4) is 0 Å². The lowest BCUT2D eigenvalue weighted by molar-refractivity contribution is -0.388. The molecule has 0 saturated heterocycles. The first kappa shape index (κ1) is 12.6. The molecule has 5 heteroatoms. The highest BCUT2D eigenvalue weighted by molar-refractivity contribution is 7.99. The second-order valence-corrected chi connectivity index (χ2v) is 4.92. The third kappa shape index (κ3) is 2.51. The Kier molecular flexibility index (Phi) is 3.62. The molecule has 0 atom stereocenters. The first-order valence-electron chi connectivity index (χ1n) is 5.43. The molecule has 0 amide bonds. The number of aryl methyl sites for hydroxylation is 1. The Labute approximate surface area is 109 Å². The minimum absolute atomic E-state index is 0.0448. The predicted molar refractivity (Wildman–Crippen MR) is 70.9 cm³/mol. The van der Waals surface area contributed by atoms with Crippen molar-refractivity contribution in [2.75, 3.05) is 0 Å². The van der Waals surface area contributed by atoms with Crippen LogP contribution < -0.4 is 0 Å². The van der Waals surface area contributed by atoms with Gasteiger partial charge >= 0.3 is 5.69 Å². The van der Waals surface area contributed by atoms with E-state index < -0.39 is 4.92 Å². The smallest absolute Gasteiger partial charge is 0.258 e. The molecule has 0 aliphatic rings. The highest BCUT2D eigenvalue weighted by Crippen LogP contribution is 2.35. The molecule has 0 bridgehead atoms. The van der Waals surface area contributed by atoms with Crippen LogP contribution in [0, 0.1) is 24.0 Å². The standard InChI is InChI=1S/C13H12N2O2S/c1-9-5-3-7-12(10(9)2)18-13-11(15(16)17)6-4-8-14-13/h3-8H,1-2H3. The predicted octanol–water partition coefficient (Wildman–Crippen LogP) is 3.76. The molecule has 0 aliphatic carbocycles. The van der Waals surface area contributed by atoms with Crippen molar-refractivity contribution in [1.29, 1.82) is 0 Å². The van der Waals surface area contributed by atoms with Crippen molar-refractivity contribution in [1.82, 2.24) is 4.98 Å². The van der Waals surface area contributed by atoms with Gasteiger partial charge in [0.15, 0.2) is 5.03 Å². The average molecular weight is 260 g/mol. The van der Waals surface area contributed by atoms with Crippen molar-refractivity contribution < 1.29 is 4.92 Å². The molecule has 92 valence electrons.